The van der Waals surface area contributed by atoms with Gasteiger partial charge in [0, 0.05) is 38.3 Å². The summed E-state index contributed by atoms with van der Waals surface area (Å²) >= 11 is 0. The summed E-state index contributed by atoms with van der Waals surface area (Å²) in [6, 6.07) is 1.86. The van der Waals surface area contributed by atoms with Gasteiger partial charge in [0.25, 0.3) is 0 Å². The molecule has 0 atom stereocenters. The van der Waals surface area contributed by atoms with Crippen LogP contribution in [0, 0.1) is 0 Å². The molecular formula is C16H31N3. The summed E-state index contributed by atoms with van der Waals surface area (Å²) in [5.74, 6) is 0. The standard InChI is InChI=1S/C16H31N3/c1(3-9-17-15-5-6-15)2-4-10-18-11-13-19(14-12-18)16-7-8-16/h15-17H,1-14H2. The average molecular weight is 265 g/mol. The van der Waals surface area contributed by atoms with Crippen LogP contribution in [0.1, 0.15) is 51.4 Å². The Labute approximate surface area is 118 Å². The van der Waals surface area contributed by atoms with Crippen molar-refractivity contribution in [2.45, 2.75) is 63.5 Å². The van der Waals surface area contributed by atoms with Crippen LogP contribution >= 0.6 is 0 Å². The van der Waals surface area contributed by atoms with Crippen LogP contribution in [-0.4, -0.2) is 61.2 Å². The van der Waals surface area contributed by atoms with Gasteiger partial charge in [-0.15, -0.1) is 0 Å². The minimum atomic E-state index is 0.891. The lowest BCUT2D eigenvalue weighted by molar-refractivity contribution is 0.125. The van der Waals surface area contributed by atoms with Crippen molar-refractivity contribution in [3.63, 3.8) is 0 Å². The van der Waals surface area contributed by atoms with E-state index in [0.717, 1.165) is 12.1 Å². The van der Waals surface area contributed by atoms with Crippen LogP contribution in [0.3, 0.4) is 0 Å². The molecule has 0 amide bonds. The minimum absolute atomic E-state index is 0.891. The van der Waals surface area contributed by atoms with E-state index in [1.165, 1.54) is 90.6 Å². The predicted octanol–water partition coefficient (Wildman–Crippen LogP) is 2.08. The second-order valence-corrected chi connectivity index (χ2v) is 6.75. The molecule has 1 N–H and O–H groups in total. The van der Waals surface area contributed by atoms with Gasteiger partial charge < -0.3 is 10.2 Å². The van der Waals surface area contributed by atoms with E-state index in [1.54, 1.807) is 0 Å². The molecule has 0 aromatic heterocycles. The largest absolute Gasteiger partial charge is 0.314 e. The Morgan fingerprint density at radius 3 is 2.21 bits per heavy atom. The molecule has 3 aliphatic rings. The van der Waals surface area contributed by atoms with Crippen molar-refractivity contribution in [3.05, 3.63) is 0 Å². The van der Waals surface area contributed by atoms with Crippen molar-refractivity contribution in [3.8, 4) is 0 Å². The highest BCUT2D eigenvalue weighted by molar-refractivity contribution is 4.87. The molecule has 1 saturated heterocycles. The fourth-order valence-electron chi connectivity index (χ4n) is 3.20. The summed E-state index contributed by atoms with van der Waals surface area (Å²) in [6.07, 6.45) is 11.4. The Kier molecular flexibility index (Phi) is 5.14. The van der Waals surface area contributed by atoms with Gasteiger partial charge in [-0.05, 0) is 51.6 Å². The van der Waals surface area contributed by atoms with E-state index in [1.807, 2.05) is 0 Å². The Balaban J connectivity index is 1.13. The first-order valence-corrected chi connectivity index (χ1v) is 8.61. The maximum atomic E-state index is 3.60. The molecule has 3 fully saturated rings. The van der Waals surface area contributed by atoms with Gasteiger partial charge in [0.15, 0.2) is 0 Å². The molecule has 110 valence electrons. The quantitative estimate of drug-likeness (QED) is 0.644. The van der Waals surface area contributed by atoms with E-state index in [-0.39, 0.29) is 0 Å². The third-order valence-corrected chi connectivity index (χ3v) is 4.88. The normalized spacial score (nSPS) is 25.9. The van der Waals surface area contributed by atoms with Gasteiger partial charge in [0.1, 0.15) is 0 Å². The van der Waals surface area contributed by atoms with E-state index < -0.39 is 0 Å². The molecule has 19 heavy (non-hydrogen) atoms. The van der Waals surface area contributed by atoms with E-state index in [4.69, 9.17) is 0 Å². The van der Waals surface area contributed by atoms with Gasteiger partial charge in [-0.2, -0.15) is 0 Å². The Bertz CT molecular complexity index is 253. The molecule has 2 saturated carbocycles. The SMILES string of the molecule is C(CCCN1CCN(C2CC2)CC1)CCNC1CC1. The number of piperazine rings is 1. The van der Waals surface area contributed by atoms with E-state index >= 15 is 0 Å². The zero-order chi connectivity index (χ0) is 12.9. The zero-order valence-electron chi connectivity index (χ0n) is 12.4. The van der Waals surface area contributed by atoms with E-state index in [2.05, 4.69) is 15.1 Å². The molecule has 2 aliphatic carbocycles. The van der Waals surface area contributed by atoms with Crippen molar-refractivity contribution in [2.24, 2.45) is 0 Å². The maximum absolute atomic E-state index is 3.60. The van der Waals surface area contributed by atoms with Gasteiger partial charge in [-0.3, -0.25) is 4.90 Å². The fourth-order valence-corrected chi connectivity index (χ4v) is 3.20. The first-order valence-electron chi connectivity index (χ1n) is 8.61. The van der Waals surface area contributed by atoms with Crippen molar-refractivity contribution < 1.29 is 0 Å². The van der Waals surface area contributed by atoms with Gasteiger partial charge in [0.2, 0.25) is 0 Å². The number of hydrogen-bond donors (Lipinski definition) is 1. The summed E-state index contributed by atoms with van der Waals surface area (Å²) in [7, 11) is 0. The topological polar surface area (TPSA) is 18.5 Å². The summed E-state index contributed by atoms with van der Waals surface area (Å²) in [5.41, 5.74) is 0. The number of hydrogen-bond acceptors (Lipinski definition) is 3. The van der Waals surface area contributed by atoms with Crippen LogP contribution < -0.4 is 5.32 Å². The highest BCUT2D eigenvalue weighted by Crippen LogP contribution is 2.27. The Hall–Kier alpha value is -0.120. The summed E-state index contributed by atoms with van der Waals surface area (Å²) in [6.45, 7) is 7.89. The van der Waals surface area contributed by atoms with Gasteiger partial charge in [0.05, 0.1) is 0 Å². The second kappa shape index (κ2) is 7.05. The third-order valence-electron chi connectivity index (χ3n) is 4.88. The highest BCUT2D eigenvalue weighted by Gasteiger charge is 2.30. The third kappa shape index (κ3) is 5.05. The molecule has 1 heterocycles. The lowest BCUT2D eigenvalue weighted by Crippen LogP contribution is -2.47. The fraction of sp³-hybridized carbons (Fsp3) is 1.00. The maximum Gasteiger partial charge on any atom is 0.0113 e. The Morgan fingerprint density at radius 2 is 1.53 bits per heavy atom. The van der Waals surface area contributed by atoms with Crippen LogP contribution in [-0.2, 0) is 0 Å². The lowest BCUT2D eigenvalue weighted by Gasteiger charge is -2.34. The summed E-state index contributed by atoms with van der Waals surface area (Å²) in [4.78, 5) is 5.39. The van der Waals surface area contributed by atoms with Gasteiger partial charge >= 0.3 is 0 Å². The van der Waals surface area contributed by atoms with Gasteiger partial charge in [-0.25, -0.2) is 0 Å². The molecule has 0 aromatic rings. The van der Waals surface area contributed by atoms with E-state index in [9.17, 15) is 0 Å². The summed E-state index contributed by atoms with van der Waals surface area (Å²) < 4.78 is 0. The number of nitrogens with zero attached hydrogens (tertiary/aromatic N) is 2. The monoisotopic (exact) mass is 265 g/mol. The van der Waals surface area contributed by atoms with Crippen LogP contribution in [0.4, 0.5) is 0 Å². The van der Waals surface area contributed by atoms with Crippen molar-refractivity contribution in [1.82, 2.24) is 15.1 Å². The van der Waals surface area contributed by atoms with Crippen LogP contribution in [0.15, 0.2) is 0 Å². The molecule has 3 nitrogen and oxygen atoms in total. The van der Waals surface area contributed by atoms with Crippen LogP contribution in [0.25, 0.3) is 0 Å². The van der Waals surface area contributed by atoms with Crippen molar-refractivity contribution in [2.75, 3.05) is 39.3 Å². The molecule has 3 heteroatoms. The highest BCUT2D eigenvalue weighted by atomic mass is 15.3. The molecule has 0 aromatic carbocycles. The van der Waals surface area contributed by atoms with Crippen molar-refractivity contribution >= 4 is 0 Å². The van der Waals surface area contributed by atoms with Crippen LogP contribution in [0.5, 0.6) is 0 Å². The lowest BCUT2D eigenvalue weighted by atomic mass is 10.1. The molecular weight excluding hydrogens is 234 g/mol. The number of nitrogens with one attached hydrogen (secondary N) is 1. The number of rotatable bonds is 9. The minimum Gasteiger partial charge on any atom is -0.314 e. The summed E-state index contributed by atoms with van der Waals surface area (Å²) in [5, 5.41) is 3.60. The van der Waals surface area contributed by atoms with E-state index in [0.29, 0.717) is 0 Å². The first kappa shape index (κ1) is 13.8. The molecule has 0 spiro atoms. The zero-order valence-corrected chi connectivity index (χ0v) is 12.4. The Morgan fingerprint density at radius 1 is 0.789 bits per heavy atom. The molecule has 0 unspecified atom stereocenters. The van der Waals surface area contributed by atoms with Crippen molar-refractivity contribution in [1.29, 1.82) is 0 Å². The first-order chi connectivity index (χ1) is 9.42. The predicted molar refractivity (Wildman–Crippen MR) is 80.5 cm³/mol. The molecule has 0 bridgehead atoms. The van der Waals surface area contributed by atoms with Crippen LogP contribution in [0.2, 0.25) is 0 Å². The number of unbranched alkanes of at least 4 members (excludes halogenated alkanes) is 3. The average Bonchev–Trinajstić information content (AvgIpc) is 3.30. The van der Waals surface area contributed by atoms with Gasteiger partial charge in [-0.1, -0.05) is 12.8 Å². The second-order valence-electron chi connectivity index (χ2n) is 6.75. The molecule has 1 aliphatic heterocycles. The smallest absolute Gasteiger partial charge is 0.0113 e. The molecule has 0 radical (unpaired) electrons. The molecule has 3 rings (SSSR count).